The van der Waals surface area contributed by atoms with Gasteiger partial charge in [-0.3, -0.25) is 4.79 Å². The largest absolute Gasteiger partial charge is 0.334 e. The molecule has 0 unspecified atom stereocenters. The maximum absolute atomic E-state index is 12.3. The van der Waals surface area contributed by atoms with Crippen LogP contribution in [0.2, 0.25) is 0 Å². The van der Waals surface area contributed by atoms with Crippen LogP contribution in [0, 0.1) is 0 Å². The normalized spacial score (nSPS) is 10.4. The zero-order chi connectivity index (χ0) is 12.1. The van der Waals surface area contributed by atoms with Gasteiger partial charge >= 0.3 is 0 Å². The monoisotopic (exact) mass is 265 g/mol. The van der Waals surface area contributed by atoms with Crippen LogP contribution < -0.4 is 0 Å². The highest BCUT2D eigenvalue weighted by atomic mass is 32.1. The van der Waals surface area contributed by atoms with Gasteiger partial charge in [0.05, 0.1) is 5.56 Å². The summed E-state index contributed by atoms with van der Waals surface area (Å²) in [7, 11) is 0. The molecule has 1 amide bonds. The lowest BCUT2D eigenvalue weighted by Crippen LogP contribution is -2.30. The first-order valence-corrected chi connectivity index (χ1v) is 7.52. The van der Waals surface area contributed by atoms with Crippen LogP contribution in [0.3, 0.4) is 0 Å². The lowest BCUT2D eigenvalue weighted by atomic mass is 10.2. The van der Waals surface area contributed by atoms with Crippen molar-refractivity contribution in [1.29, 1.82) is 0 Å². The predicted octanol–water partition coefficient (Wildman–Crippen LogP) is 3.86. The van der Waals surface area contributed by atoms with E-state index >= 15 is 0 Å². The van der Waals surface area contributed by atoms with Gasteiger partial charge < -0.3 is 4.90 Å². The maximum atomic E-state index is 12.3. The smallest absolute Gasteiger partial charge is 0.254 e. The number of thiophene rings is 2. The third-order valence-electron chi connectivity index (χ3n) is 2.50. The van der Waals surface area contributed by atoms with Crippen molar-refractivity contribution in [2.45, 2.75) is 19.9 Å². The fourth-order valence-electron chi connectivity index (χ4n) is 1.69. The first kappa shape index (κ1) is 12.3. The molecule has 0 aliphatic heterocycles. The molecule has 0 saturated heterocycles. The van der Waals surface area contributed by atoms with E-state index in [9.17, 15) is 4.79 Å². The van der Waals surface area contributed by atoms with Crippen LogP contribution in [0.1, 0.15) is 29.3 Å². The van der Waals surface area contributed by atoms with E-state index in [-0.39, 0.29) is 5.91 Å². The van der Waals surface area contributed by atoms with E-state index in [0.717, 1.165) is 18.5 Å². The lowest BCUT2D eigenvalue weighted by Gasteiger charge is -2.21. The Labute approximate surface area is 110 Å². The number of rotatable bonds is 5. The fraction of sp³-hybridized carbons (Fsp3) is 0.308. The highest BCUT2D eigenvalue weighted by Gasteiger charge is 2.15. The molecule has 0 spiro atoms. The van der Waals surface area contributed by atoms with Crippen LogP contribution >= 0.6 is 22.7 Å². The lowest BCUT2D eigenvalue weighted by molar-refractivity contribution is 0.0744. The number of hydrogen-bond acceptors (Lipinski definition) is 3. The van der Waals surface area contributed by atoms with Gasteiger partial charge in [0.2, 0.25) is 0 Å². The SMILES string of the molecule is CCCN(Cc1ccsc1)C(=O)c1ccsc1. The van der Waals surface area contributed by atoms with E-state index in [1.165, 1.54) is 5.56 Å². The minimum atomic E-state index is 0.138. The summed E-state index contributed by atoms with van der Waals surface area (Å²) < 4.78 is 0. The molecule has 0 radical (unpaired) electrons. The Balaban J connectivity index is 2.09. The Morgan fingerprint density at radius 3 is 2.59 bits per heavy atom. The van der Waals surface area contributed by atoms with Gasteiger partial charge in [-0.1, -0.05) is 6.92 Å². The van der Waals surface area contributed by atoms with Gasteiger partial charge in [-0.2, -0.15) is 22.7 Å². The topological polar surface area (TPSA) is 20.3 Å². The molecule has 0 N–H and O–H groups in total. The fourth-order valence-corrected chi connectivity index (χ4v) is 2.98. The summed E-state index contributed by atoms with van der Waals surface area (Å²) in [5.74, 6) is 0.138. The van der Waals surface area contributed by atoms with E-state index in [2.05, 4.69) is 23.8 Å². The number of nitrogens with zero attached hydrogens (tertiary/aromatic N) is 1. The van der Waals surface area contributed by atoms with Crippen LogP contribution in [0.25, 0.3) is 0 Å². The molecule has 4 heteroatoms. The maximum Gasteiger partial charge on any atom is 0.254 e. The summed E-state index contributed by atoms with van der Waals surface area (Å²) in [5, 5.41) is 8.01. The van der Waals surface area contributed by atoms with Crippen LogP contribution in [0.15, 0.2) is 33.7 Å². The molecule has 0 saturated carbocycles. The first-order chi connectivity index (χ1) is 8.31. The molecule has 2 aromatic rings. The number of hydrogen-bond donors (Lipinski definition) is 0. The Bertz CT molecular complexity index is 448. The molecule has 0 aliphatic carbocycles. The van der Waals surface area contributed by atoms with Crippen molar-refractivity contribution in [2.75, 3.05) is 6.54 Å². The van der Waals surface area contributed by atoms with Crippen molar-refractivity contribution in [3.8, 4) is 0 Å². The summed E-state index contributed by atoms with van der Waals surface area (Å²) in [6, 6.07) is 3.97. The van der Waals surface area contributed by atoms with Gasteiger partial charge in [-0.05, 0) is 40.3 Å². The van der Waals surface area contributed by atoms with Gasteiger partial charge in [0.1, 0.15) is 0 Å². The van der Waals surface area contributed by atoms with Crippen molar-refractivity contribution in [3.05, 3.63) is 44.8 Å². The molecule has 2 aromatic heterocycles. The van der Waals surface area contributed by atoms with Crippen molar-refractivity contribution < 1.29 is 4.79 Å². The second-order valence-electron chi connectivity index (χ2n) is 3.87. The predicted molar refractivity (Wildman–Crippen MR) is 73.7 cm³/mol. The molecular weight excluding hydrogens is 250 g/mol. The van der Waals surface area contributed by atoms with Crippen LogP contribution in [0.4, 0.5) is 0 Å². The number of carbonyl (C=O) groups is 1. The average Bonchev–Trinajstić information content (AvgIpc) is 3.00. The molecular formula is C13H15NOS2. The van der Waals surface area contributed by atoms with Crippen molar-refractivity contribution in [1.82, 2.24) is 4.90 Å². The Hall–Kier alpha value is -1.13. The second-order valence-corrected chi connectivity index (χ2v) is 5.43. The Morgan fingerprint density at radius 2 is 2.00 bits per heavy atom. The Kier molecular flexibility index (Phi) is 4.34. The van der Waals surface area contributed by atoms with Gasteiger partial charge in [-0.15, -0.1) is 0 Å². The highest BCUT2D eigenvalue weighted by molar-refractivity contribution is 7.08. The standard InChI is InChI=1S/C13H15NOS2/c1-2-5-14(8-11-3-6-16-9-11)13(15)12-4-7-17-10-12/h3-4,6-7,9-10H,2,5,8H2,1H3. The molecule has 2 rings (SSSR count). The summed E-state index contributed by atoms with van der Waals surface area (Å²) >= 11 is 3.24. The van der Waals surface area contributed by atoms with E-state index in [0.29, 0.717) is 6.54 Å². The van der Waals surface area contributed by atoms with E-state index in [4.69, 9.17) is 0 Å². The molecule has 0 fully saturated rings. The molecule has 0 aliphatic rings. The molecule has 90 valence electrons. The van der Waals surface area contributed by atoms with Crippen LogP contribution in [-0.2, 0) is 6.54 Å². The molecule has 0 bridgehead atoms. The molecule has 0 atom stereocenters. The van der Waals surface area contributed by atoms with E-state index in [1.54, 1.807) is 22.7 Å². The van der Waals surface area contributed by atoms with Gasteiger partial charge in [0, 0.05) is 18.5 Å². The molecule has 17 heavy (non-hydrogen) atoms. The second kappa shape index (κ2) is 5.98. The highest BCUT2D eigenvalue weighted by Crippen LogP contribution is 2.14. The van der Waals surface area contributed by atoms with E-state index in [1.807, 2.05) is 21.7 Å². The zero-order valence-electron chi connectivity index (χ0n) is 9.76. The first-order valence-electron chi connectivity index (χ1n) is 5.64. The summed E-state index contributed by atoms with van der Waals surface area (Å²) in [6.45, 7) is 3.62. The minimum absolute atomic E-state index is 0.138. The van der Waals surface area contributed by atoms with Crippen molar-refractivity contribution in [3.63, 3.8) is 0 Å². The van der Waals surface area contributed by atoms with Crippen molar-refractivity contribution >= 4 is 28.6 Å². The van der Waals surface area contributed by atoms with Crippen LogP contribution in [-0.4, -0.2) is 17.4 Å². The molecule has 2 heterocycles. The van der Waals surface area contributed by atoms with Gasteiger partial charge in [0.15, 0.2) is 0 Å². The quantitative estimate of drug-likeness (QED) is 0.804. The van der Waals surface area contributed by atoms with Gasteiger partial charge in [0.25, 0.3) is 5.91 Å². The molecule has 0 aromatic carbocycles. The summed E-state index contributed by atoms with van der Waals surface area (Å²) in [6.07, 6.45) is 0.986. The van der Waals surface area contributed by atoms with Crippen molar-refractivity contribution in [2.24, 2.45) is 0 Å². The van der Waals surface area contributed by atoms with Crippen LogP contribution in [0.5, 0.6) is 0 Å². The number of amides is 1. The number of carbonyl (C=O) groups excluding carboxylic acids is 1. The third kappa shape index (κ3) is 3.17. The van der Waals surface area contributed by atoms with E-state index < -0.39 is 0 Å². The summed E-state index contributed by atoms with van der Waals surface area (Å²) in [5.41, 5.74) is 2.02. The third-order valence-corrected chi connectivity index (χ3v) is 3.92. The average molecular weight is 265 g/mol. The van der Waals surface area contributed by atoms with Gasteiger partial charge in [-0.25, -0.2) is 0 Å². The Morgan fingerprint density at radius 1 is 1.24 bits per heavy atom. The summed E-state index contributed by atoms with van der Waals surface area (Å²) in [4.78, 5) is 14.2. The minimum Gasteiger partial charge on any atom is -0.334 e. The zero-order valence-corrected chi connectivity index (χ0v) is 11.4. The molecule has 2 nitrogen and oxygen atoms in total.